The molecule has 0 aliphatic heterocycles. The van der Waals surface area contributed by atoms with Gasteiger partial charge in [0.1, 0.15) is 29.1 Å². The van der Waals surface area contributed by atoms with Crippen LogP contribution in [0.4, 0.5) is 59.3 Å². The number of amides is 4. The summed E-state index contributed by atoms with van der Waals surface area (Å²) in [6.07, 6.45) is 7.05. The lowest BCUT2D eigenvalue weighted by molar-refractivity contribution is -0.118. The lowest BCUT2D eigenvalue weighted by Crippen LogP contribution is -2.26. The van der Waals surface area contributed by atoms with Crippen molar-refractivity contribution in [1.82, 2.24) is 24.9 Å². The summed E-state index contributed by atoms with van der Waals surface area (Å²) in [4.78, 5) is 123. The highest BCUT2D eigenvalue weighted by atomic mass is 19.2. The Hall–Kier alpha value is -13.8. The zero-order valence-corrected chi connectivity index (χ0v) is 74.0. The Labute approximate surface area is 736 Å². The van der Waals surface area contributed by atoms with Crippen molar-refractivity contribution in [1.29, 1.82) is 0 Å². The largest absolute Gasteiger partial charge is 0.383 e. The molecule has 0 fully saturated rings. The van der Waals surface area contributed by atoms with E-state index in [9.17, 15) is 69.1 Å². The number of Topliss-reactive ketones (excluding diaryl/α,β-unsaturated/α-hetero) is 4. The van der Waals surface area contributed by atoms with Crippen LogP contribution >= 0.6 is 0 Å². The predicted molar refractivity (Wildman–Crippen MR) is 485 cm³/mol. The van der Waals surface area contributed by atoms with Crippen LogP contribution in [0.2, 0.25) is 0 Å². The molecule has 0 aliphatic carbocycles. The summed E-state index contributed by atoms with van der Waals surface area (Å²) in [5.74, 6) is -4.57. The van der Waals surface area contributed by atoms with E-state index in [0.29, 0.717) is 123 Å². The normalized spacial score (nSPS) is 10.8. The van der Waals surface area contributed by atoms with Gasteiger partial charge in [0, 0.05) is 142 Å². The number of nitrogens with zero attached hydrogens (tertiary/aromatic N) is 9. The molecule has 0 unspecified atom stereocenters. The Balaban J connectivity index is 0.000000191. The van der Waals surface area contributed by atoms with Crippen molar-refractivity contribution in [2.45, 2.75) is 153 Å². The highest BCUT2D eigenvalue weighted by Gasteiger charge is 2.25. The summed E-state index contributed by atoms with van der Waals surface area (Å²) in [6.45, 7) is 19.2. The molecular weight excluding hydrogens is 1630 g/mol. The maximum Gasteiger partial charge on any atom is 0.226 e. The molecule has 0 saturated heterocycles. The number of ketones is 4. The van der Waals surface area contributed by atoms with E-state index in [0.717, 1.165) is 56.4 Å². The SMILES string of the molecule is CCC(=O)N(C)c1ccc(-c2ccc(C(=O)CCc3ccc(C)nc3C)cc2)c(C)c1F.CCC(=O)N(C)c1ccc(-c2ccc(C(=O)CCc3ccc(F)nc3C)cc2)c(C)c1F.CCC(=O)N(C)c1ccc(-c2ccc(C(=O)CCc3ccc(F)nc3F)cc2)c(C)c1F.CCC(=O)N(C)c1ccc(-c2ccc(C(=O)CCc3cccnc3N)cn2)c(C)c1F. The summed E-state index contributed by atoms with van der Waals surface area (Å²) >= 11 is 0. The van der Waals surface area contributed by atoms with Crippen LogP contribution in [-0.4, -0.2) is 99.9 Å². The second-order valence-corrected chi connectivity index (χ2v) is 30.6. The van der Waals surface area contributed by atoms with Gasteiger partial charge in [-0.1, -0.05) is 143 Å². The summed E-state index contributed by atoms with van der Waals surface area (Å²) in [7, 11) is 6.24. The molecule has 12 aromatic rings. The molecule has 25 heteroatoms. The Morgan fingerprint density at radius 1 is 0.323 bits per heavy atom. The average Bonchev–Trinajstić information content (AvgIpc) is 0.807. The monoisotopic (exact) mass is 1730 g/mol. The number of rotatable bonds is 28. The Bertz CT molecular complexity index is 5610. The van der Waals surface area contributed by atoms with E-state index in [-0.39, 0.29) is 107 Å². The first kappa shape index (κ1) is 97.0. The smallest absolute Gasteiger partial charge is 0.226 e. The molecule has 0 aliphatic rings. The van der Waals surface area contributed by atoms with Gasteiger partial charge in [0.25, 0.3) is 0 Å². The molecule has 0 saturated carbocycles. The van der Waals surface area contributed by atoms with E-state index >= 15 is 0 Å². The minimum atomic E-state index is -0.916. The van der Waals surface area contributed by atoms with Crippen LogP contribution in [-0.2, 0) is 44.9 Å². The van der Waals surface area contributed by atoms with Gasteiger partial charge in [-0.3, -0.25) is 48.3 Å². The molecule has 0 atom stereocenters. The summed E-state index contributed by atoms with van der Waals surface area (Å²) < 4.78 is 99.4. The molecule has 127 heavy (non-hydrogen) atoms. The molecule has 0 spiro atoms. The van der Waals surface area contributed by atoms with Crippen molar-refractivity contribution in [3.8, 4) is 44.6 Å². The molecule has 18 nitrogen and oxygen atoms in total. The van der Waals surface area contributed by atoms with Crippen molar-refractivity contribution in [2.75, 3.05) is 53.5 Å². The van der Waals surface area contributed by atoms with Crippen LogP contribution in [0.25, 0.3) is 44.6 Å². The van der Waals surface area contributed by atoms with Crippen molar-refractivity contribution in [3.05, 3.63) is 319 Å². The fourth-order valence-electron chi connectivity index (χ4n) is 14.3. The molecule has 12 rings (SSSR count). The van der Waals surface area contributed by atoms with Gasteiger partial charge in [-0.2, -0.15) is 18.2 Å². The number of nitrogen functional groups attached to an aromatic ring is 1. The number of hydrogen-bond donors (Lipinski definition) is 1. The maximum atomic E-state index is 15.0. The maximum absolute atomic E-state index is 15.0. The summed E-state index contributed by atoms with van der Waals surface area (Å²) in [5.41, 5.74) is 21.6. The van der Waals surface area contributed by atoms with Crippen LogP contribution in [0.15, 0.2) is 194 Å². The lowest BCUT2D eigenvalue weighted by Gasteiger charge is -2.19. The number of anilines is 5. The van der Waals surface area contributed by atoms with Crippen LogP contribution < -0.4 is 25.3 Å². The summed E-state index contributed by atoms with van der Waals surface area (Å²) in [6, 6.07) is 50.8. The van der Waals surface area contributed by atoms with E-state index < -0.39 is 41.1 Å². The van der Waals surface area contributed by atoms with Crippen molar-refractivity contribution >= 4 is 75.3 Å². The Morgan fingerprint density at radius 3 is 0.976 bits per heavy atom. The lowest BCUT2D eigenvalue weighted by atomic mass is 9.96. The zero-order valence-electron chi connectivity index (χ0n) is 74.0. The van der Waals surface area contributed by atoms with Gasteiger partial charge in [-0.15, -0.1) is 0 Å². The van der Waals surface area contributed by atoms with E-state index in [1.54, 1.807) is 217 Å². The molecule has 5 aromatic heterocycles. The molecule has 7 aromatic carbocycles. The van der Waals surface area contributed by atoms with Gasteiger partial charge in [0.15, 0.2) is 23.1 Å². The van der Waals surface area contributed by atoms with E-state index in [2.05, 4.69) is 24.9 Å². The molecule has 0 radical (unpaired) electrons. The molecule has 4 amide bonds. The van der Waals surface area contributed by atoms with Crippen LogP contribution in [0, 0.1) is 89.6 Å². The zero-order chi connectivity index (χ0) is 92.8. The average molecular weight is 1730 g/mol. The van der Waals surface area contributed by atoms with Crippen molar-refractivity contribution in [3.63, 3.8) is 0 Å². The van der Waals surface area contributed by atoms with Crippen LogP contribution in [0.3, 0.4) is 0 Å². The van der Waals surface area contributed by atoms with Gasteiger partial charge < -0.3 is 25.3 Å². The number of halogens is 7. The fourth-order valence-corrected chi connectivity index (χ4v) is 14.3. The Morgan fingerprint density at radius 2 is 0.638 bits per heavy atom. The van der Waals surface area contributed by atoms with E-state index in [1.165, 1.54) is 45.0 Å². The standard InChI is InChI=1S/C27H29FN2O2.C26H26F2N2O2.C25H23F3N2O2.C24H25FN4O2/c1-6-26(32)30(5)24-15-14-23(18(3)27(24)28)21-9-11-22(12-10-21)25(31)16-13-20-8-7-17(2)29-19(20)4;1-5-25(32)30(4)22-13-12-21(16(2)26(22)28)19-6-8-20(9-7-19)23(31)14-10-18-11-15-24(27)29-17(18)3;1-4-23(32)30(3)20-12-11-19(15(2)24(20)27)16-5-7-17(8-6-16)21(31)13-9-18-10-14-22(26)29-25(18)28;1-4-22(31)29(3)20-11-9-18(15(2)23(20)25)19-10-7-17(14-28-19)21(30)12-8-16-6-5-13-27-24(16)26/h7-12,14-15H,6,13,16H2,1-5H3;6-9,11-13,15H,5,10,14H2,1-4H3;5-8,10-12,14H,4,9,13H2,1-3H3;5-7,9-11,13-14H,4,8,12H2,1-3H3,(H2,26,27). The number of aryl methyl sites for hydroxylation is 7. The van der Waals surface area contributed by atoms with Crippen LogP contribution in [0.1, 0.15) is 182 Å². The molecule has 0 bridgehead atoms. The highest BCUT2D eigenvalue weighted by molar-refractivity contribution is 6.00. The third-order valence-electron chi connectivity index (χ3n) is 22.3. The van der Waals surface area contributed by atoms with Gasteiger partial charge in [0.05, 0.1) is 28.4 Å². The first-order chi connectivity index (χ1) is 60.5. The number of pyridine rings is 5. The van der Waals surface area contributed by atoms with Gasteiger partial charge in [-0.25, -0.2) is 27.5 Å². The second kappa shape index (κ2) is 44.7. The Kier molecular flexibility index (Phi) is 34.1. The number of carbonyl (C=O) groups is 8. The number of carbonyl (C=O) groups excluding carboxylic acids is 8. The molecule has 2 N–H and O–H groups in total. The minimum Gasteiger partial charge on any atom is -0.383 e. The van der Waals surface area contributed by atoms with E-state index in [4.69, 9.17) is 5.73 Å². The topological polar surface area (TPSA) is 240 Å². The fraction of sp³-hybridized carbons (Fsp3) is 0.265. The molecule has 658 valence electrons. The van der Waals surface area contributed by atoms with Crippen molar-refractivity contribution in [2.24, 2.45) is 0 Å². The first-order valence-electron chi connectivity index (χ1n) is 41.7. The highest BCUT2D eigenvalue weighted by Crippen LogP contribution is 2.37. The third kappa shape index (κ3) is 24.4. The number of aromatic nitrogens is 5. The quantitative estimate of drug-likeness (QED) is 0.0273. The van der Waals surface area contributed by atoms with Crippen LogP contribution in [0.5, 0.6) is 0 Å². The second-order valence-electron chi connectivity index (χ2n) is 30.6. The molecular formula is C102H103F7N10O8. The van der Waals surface area contributed by atoms with Crippen molar-refractivity contribution < 1.29 is 69.1 Å². The summed E-state index contributed by atoms with van der Waals surface area (Å²) in [5, 5.41) is 0. The number of nitrogens with two attached hydrogens (primary N) is 1. The van der Waals surface area contributed by atoms with E-state index in [1.807, 2.05) is 50.2 Å². The third-order valence-corrected chi connectivity index (χ3v) is 22.3. The molecule has 5 heterocycles. The predicted octanol–water partition coefficient (Wildman–Crippen LogP) is 21.9. The number of hydrogen-bond acceptors (Lipinski definition) is 14. The van der Waals surface area contributed by atoms with Gasteiger partial charge in [-0.05, 0) is 213 Å². The number of benzene rings is 7. The first-order valence-corrected chi connectivity index (χ1v) is 41.7. The minimum absolute atomic E-state index is 0.0294. The van der Waals surface area contributed by atoms with Gasteiger partial charge in [0.2, 0.25) is 41.5 Å². The van der Waals surface area contributed by atoms with Gasteiger partial charge >= 0.3 is 0 Å².